The lowest BCUT2D eigenvalue weighted by Gasteiger charge is -2.08. The van der Waals surface area contributed by atoms with Crippen molar-refractivity contribution < 1.29 is 9.50 Å². The van der Waals surface area contributed by atoms with E-state index in [0.717, 1.165) is 18.4 Å². The number of aryl methyl sites for hydroxylation is 2. The maximum Gasteiger partial charge on any atom is 0.121 e. The van der Waals surface area contributed by atoms with Crippen LogP contribution in [0.25, 0.3) is 5.76 Å². The Balaban J connectivity index is 0. The van der Waals surface area contributed by atoms with Crippen molar-refractivity contribution in [2.24, 2.45) is 0 Å². The van der Waals surface area contributed by atoms with Crippen LogP contribution < -0.4 is 0 Å². The highest BCUT2D eigenvalue weighted by Crippen LogP contribution is 2.19. The minimum absolute atomic E-state index is 0.0237. The smallest absolute Gasteiger partial charge is 0.121 e. The fourth-order valence-electron chi connectivity index (χ4n) is 1.76. The van der Waals surface area contributed by atoms with Gasteiger partial charge in [0, 0.05) is 5.56 Å². The molecule has 0 heterocycles. The maximum atomic E-state index is 12.7. The standard InChI is InChI=1S/C14H19FO.C3H8.C2H6/c1-4-5-12-6-7-13(10(2)8-12)14(16)9-11(3)15;1-3-2;1-2/h6-9,11,16H,4-5H2,1-3H3;3H2,1-2H3;1-2H3/b14-9+;;. The maximum absolute atomic E-state index is 12.7. The summed E-state index contributed by atoms with van der Waals surface area (Å²) in [7, 11) is 0. The van der Waals surface area contributed by atoms with Gasteiger partial charge < -0.3 is 5.11 Å². The van der Waals surface area contributed by atoms with Crippen LogP contribution in [0.5, 0.6) is 0 Å². The first-order valence-electron chi connectivity index (χ1n) is 8.10. The van der Waals surface area contributed by atoms with Crippen LogP contribution in [0.2, 0.25) is 0 Å². The normalized spacial score (nSPS) is 11.7. The molecule has 0 aliphatic rings. The Kier molecular flexibility index (Phi) is 14.3. The second kappa shape index (κ2) is 13.7. The molecule has 0 bridgehead atoms. The minimum atomic E-state index is -1.13. The third-order valence-electron chi connectivity index (χ3n) is 2.49. The molecule has 1 aromatic carbocycles. The number of aliphatic hydroxyl groups excluding tert-OH is 1. The molecule has 0 fully saturated rings. The first-order chi connectivity index (χ1) is 9.96. The van der Waals surface area contributed by atoms with Crippen LogP contribution in [0, 0.1) is 6.92 Å². The van der Waals surface area contributed by atoms with Crippen LogP contribution in [0.1, 0.15) is 71.1 Å². The third-order valence-corrected chi connectivity index (χ3v) is 2.49. The van der Waals surface area contributed by atoms with Gasteiger partial charge in [0.1, 0.15) is 11.9 Å². The van der Waals surface area contributed by atoms with Crippen molar-refractivity contribution in [3.63, 3.8) is 0 Å². The summed E-state index contributed by atoms with van der Waals surface area (Å²) in [5.41, 5.74) is 2.95. The molecule has 0 saturated carbocycles. The van der Waals surface area contributed by atoms with Gasteiger partial charge in [0.15, 0.2) is 0 Å². The molecule has 1 rings (SSSR count). The van der Waals surface area contributed by atoms with E-state index in [4.69, 9.17) is 0 Å². The fraction of sp³-hybridized carbons (Fsp3) is 0.579. The zero-order valence-electron chi connectivity index (χ0n) is 14.8. The van der Waals surface area contributed by atoms with E-state index >= 15 is 0 Å². The Bertz CT molecular complexity index is 395. The van der Waals surface area contributed by atoms with Crippen LogP contribution in [0.15, 0.2) is 24.3 Å². The summed E-state index contributed by atoms with van der Waals surface area (Å²) < 4.78 is 12.7. The van der Waals surface area contributed by atoms with E-state index in [-0.39, 0.29) is 5.76 Å². The number of halogens is 1. The number of aliphatic hydroxyl groups is 1. The summed E-state index contributed by atoms with van der Waals surface area (Å²) >= 11 is 0. The Hall–Kier alpha value is -1.31. The number of allylic oxidation sites excluding steroid dienone is 1. The zero-order chi connectivity index (χ0) is 16.8. The van der Waals surface area contributed by atoms with Crippen molar-refractivity contribution >= 4 is 5.76 Å². The summed E-state index contributed by atoms with van der Waals surface area (Å²) in [6.45, 7) is 13.7. The molecule has 0 aliphatic heterocycles. The number of benzene rings is 1. The van der Waals surface area contributed by atoms with Gasteiger partial charge in [0.2, 0.25) is 0 Å². The van der Waals surface area contributed by atoms with Crippen LogP contribution in [-0.2, 0) is 6.42 Å². The van der Waals surface area contributed by atoms with Gasteiger partial charge in [-0.3, -0.25) is 0 Å². The van der Waals surface area contributed by atoms with Gasteiger partial charge >= 0.3 is 0 Å². The van der Waals surface area contributed by atoms with Crippen LogP contribution >= 0.6 is 0 Å². The van der Waals surface area contributed by atoms with Crippen LogP contribution in [0.3, 0.4) is 0 Å². The summed E-state index contributed by atoms with van der Waals surface area (Å²) in [6, 6.07) is 5.89. The Morgan fingerprint density at radius 1 is 1.24 bits per heavy atom. The topological polar surface area (TPSA) is 20.2 Å². The molecular weight excluding hydrogens is 263 g/mol. The molecule has 0 aliphatic carbocycles. The molecule has 0 amide bonds. The molecule has 0 spiro atoms. The molecule has 0 radical (unpaired) electrons. The van der Waals surface area contributed by atoms with Gasteiger partial charge in [-0.1, -0.05) is 65.7 Å². The molecule has 1 atom stereocenters. The summed E-state index contributed by atoms with van der Waals surface area (Å²) in [5, 5.41) is 9.71. The van der Waals surface area contributed by atoms with E-state index in [1.165, 1.54) is 25.0 Å². The Morgan fingerprint density at radius 2 is 1.76 bits per heavy atom. The van der Waals surface area contributed by atoms with Gasteiger partial charge in [-0.05, 0) is 37.5 Å². The molecule has 0 saturated heterocycles. The van der Waals surface area contributed by atoms with Gasteiger partial charge in [-0.15, -0.1) is 0 Å². The fourth-order valence-corrected chi connectivity index (χ4v) is 1.76. The van der Waals surface area contributed by atoms with Gasteiger partial charge in [-0.2, -0.15) is 0 Å². The van der Waals surface area contributed by atoms with Crippen molar-refractivity contribution in [2.45, 2.75) is 73.9 Å². The molecule has 1 unspecified atom stereocenters. The monoisotopic (exact) mass is 296 g/mol. The molecule has 122 valence electrons. The highest BCUT2D eigenvalue weighted by atomic mass is 19.1. The van der Waals surface area contributed by atoms with E-state index in [9.17, 15) is 9.50 Å². The predicted octanol–water partition coefficient (Wildman–Crippen LogP) is 6.65. The molecule has 2 heteroatoms. The quantitative estimate of drug-likeness (QED) is 0.617. The van der Waals surface area contributed by atoms with Crippen LogP contribution in [-0.4, -0.2) is 11.3 Å². The lowest BCUT2D eigenvalue weighted by molar-refractivity contribution is 0.419. The van der Waals surface area contributed by atoms with Gasteiger partial charge in [-0.25, -0.2) is 4.39 Å². The Morgan fingerprint density at radius 3 is 2.14 bits per heavy atom. The lowest BCUT2D eigenvalue weighted by atomic mass is 10.0. The van der Waals surface area contributed by atoms with Gasteiger partial charge in [0.25, 0.3) is 0 Å². The number of alkyl halides is 1. The van der Waals surface area contributed by atoms with E-state index in [1.54, 1.807) is 0 Å². The Labute approximate surface area is 130 Å². The molecule has 1 nitrogen and oxygen atoms in total. The second-order valence-electron chi connectivity index (χ2n) is 4.84. The molecule has 21 heavy (non-hydrogen) atoms. The zero-order valence-corrected chi connectivity index (χ0v) is 14.8. The summed E-state index contributed by atoms with van der Waals surface area (Å²) in [6.07, 6.45) is 3.48. The SMILES string of the molecule is CC.CCC.CCCc1ccc(/C(O)=C\C(C)F)c(C)c1. The van der Waals surface area contributed by atoms with Crippen molar-refractivity contribution in [1.82, 2.24) is 0 Å². The van der Waals surface area contributed by atoms with Crippen molar-refractivity contribution in [3.8, 4) is 0 Å². The van der Waals surface area contributed by atoms with Crippen LogP contribution in [0.4, 0.5) is 4.39 Å². The number of rotatable bonds is 4. The van der Waals surface area contributed by atoms with Crippen molar-refractivity contribution in [2.75, 3.05) is 0 Å². The molecule has 1 N–H and O–H groups in total. The van der Waals surface area contributed by atoms with E-state index in [1.807, 2.05) is 39.0 Å². The predicted molar refractivity (Wildman–Crippen MR) is 93.7 cm³/mol. The van der Waals surface area contributed by atoms with Gasteiger partial charge in [0.05, 0.1) is 0 Å². The minimum Gasteiger partial charge on any atom is -0.508 e. The summed E-state index contributed by atoms with van der Waals surface area (Å²) in [5.74, 6) is 0.0237. The lowest BCUT2D eigenvalue weighted by Crippen LogP contribution is -1.94. The third kappa shape index (κ3) is 10.1. The largest absolute Gasteiger partial charge is 0.508 e. The summed E-state index contributed by atoms with van der Waals surface area (Å²) in [4.78, 5) is 0. The highest BCUT2D eigenvalue weighted by Gasteiger charge is 2.05. The average molecular weight is 296 g/mol. The second-order valence-corrected chi connectivity index (χ2v) is 4.84. The van der Waals surface area contributed by atoms with Crippen molar-refractivity contribution in [3.05, 3.63) is 41.0 Å². The van der Waals surface area contributed by atoms with E-state index in [2.05, 4.69) is 20.8 Å². The number of hydrogen-bond acceptors (Lipinski definition) is 1. The molecule has 0 aromatic heterocycles. The first-order valence-corrected chi connectivity index (χ1v) is 8.10. The van der Waals surface area contributed by atoms with Crippen molar-refractivity contribution in [1.29, 1.82) is 0 Å². The van der Waals surface area contributed by atoms with E-state index < -0.39 is 6.17 Å². The first kappa shape index (κ1) is 22.0. The molecular formula is C19H33FO. The molecule has 1 aromatic rings. The highest BCUT2D eigenvalue weighted by molar-refractivity contribution is 5.62. The number of hydrogen-bond donors (Lipinski definition) is 1. The van der Waals surface area contributed by atoms with E-state index in [0.29, 0.717) is 5.56 Å². The average Bonchev–Trinajstić information content (AvgIpc) is 2.41.